The predicted molar refractivity (Wildman–Crippen MR) is 81.7 cm³/mol. The second-order valence-corrected chi connectivity index (χ2v) is 5.53. The largest absolute Gasteiger partial charge is 0.478 e. The molecule has 2 rings (SSSR count). The van der Waals surface area contributed by atoms with E-state index in [0.29, 0.717) is 15.7 Å². The van der Waals surface area contributed by atoms with Crippen molar-refractivity contribution in [1.29, 1.82) is 0 Å². The maximum absolute atomic E-state index is 12.4. The number of carboxylic acid groups (broad SMARTS) is 1. The van der Waals surface area contributed by atoms with Crippen molar-refractivity contribution in [1.82, 2.24) is 9.78 Å². The first-order valence-electron chi connectivity index (χ1n) is 6.15. The summed E-state index contributed by atoms with van der Waals surface area (Å²) in [6.07, 6.45) is 0. The Balaban J connectivity index is 2.38. The van der Waals surface area contributed by atoms with Crippen LogP contribution in [0.1, 0.15) is 32.1 Å². The van der Waals surface area contributed by atoms with Gasteiger partial charge in [-0.05, 0) is 32.0 Å². The standard InChI is InChI=1S/C14H14BrN3O3/c1-7-12(8(2)18(3)17-7)13(19)16-11-5-4-9(15)6-10(11)14(20)21/h4-6H,1-3H3,(H,16,19)(H,20,21). The highest BCUT2D eigenvalue weighted by atomic mass is 79.9. The van der Waals surface area contributed by atoms with Gasteiger partial charge in [0.25, 0.3) is 5.91 Å². The average molecular weight is 352 g/mol. The highest BCUT2D eigenvalue weighted by Crippen LogP contribution is 2.23. The summed E-state index contributed by atoms with van der Waals surface area (Å²) in [6.45, 7) is 3.52. The molecule has 1 heterocycles. The molecule has 0 aliphatic heterocycles. The number of aromatic nitrogens is 2. The number of amides is 1. The van der Waals surface area contributed by atoms with Crippen molar-refractivity contribution in [3.63, 3.8) is 0 Å². The van der Waals surface area contributed by atoms with Gasteiger partial charge in [-0.15, -0.1) is 0 Å². The van der Waals surface area contributed by atoms with E-state index < -0.39 is 5.97 Å². The molecule has 0 radical (unpaired) electrons. The topological polar surface area (TPSA) is 84.2 Å². The third-order valence-electron chi connectivity index (χ3n) is 3.20. The van der Waals surface area contributed by atoms with Crippen LogP contribution in [0.15, 0.2) is 22.7 Å². The van der Waals surface area contributed by atoms with Gasteiger partial charge in [-0.25, -0.2) is 4.79 Å². The Morgan fingerprint density at radius 3 is 2.52 bits per heavy atom. The third kappa shape index (κ3) is 2.97. The van der Waals surface area contributed by atoms with E-state index in [1.165, 1.54) is 6.07 Å². The molecule has 21 heavy (non-hydrogen) atoms. The van der Waals surface area contributed by atoms with Crippen molar-refractivity contribution in [3.05, 3.63) is 45.2 Å². The summed E-state index contributed by atoms with van der Waals surface area (Å²) in [5.74, 6) is -1.48. The lowest BCUT2D eigenvalue weighted by Crippen LogP contribution is -2.16. The summed E-state index contributed by atoms with van der Waals surface area (Å²) in [6, 6.07) is 4.67. The molecule has 0 atom stereocenters. The van der Waals surface area contributed by atoms with Crippen LogP contribution < -0.4 is 5.32 Å². The zero-order chi connectivity index (χ0) is 15.7. The molecule has 0 spiro atoms. The second kappa shape index (κ2) is 5.69. The first kappa shape index (κ1) is 15.2. The van der Waals surface area contributed by atoms with E-state index in [2.05, 4.69) is 26.3 Å². The average Bonchev–Trinajstić information content (AvgIpc) is 2.65. The number of carbonyl (C=O) groups excluding carboxylic acids is 1. The predicted octanol–water partition coefficient (Wildman–Crippen LogP) is 2.75. The Kier molecular flexibility index (Phi) is 4.13. The number of hydrogen-bond acceptors (Lipinski definition) is 3. The SMILES string of the molecule is Cc1nn(C)c(C)c1C(=O)Nc1ccc(Br)cc1C(=O)O. The summed E-state index contributed by atoms with van der Waals surface area (Å²) in [4.78, 5) is 23.6. The lowest BCUT2D eigenvalue weighted by atomic mass is 10.1. The molecule has 2 aromatic rings. The van der Waals surface area contributed by atoms with E-state index in [1.807, 2.05) is 0 Å². The van der Waals surface area contributed by atoms with Crippen LogP contribution >= 0.6 is 15.9 Å². The molecule has 2 N–H and O–H groups in total. The van der Waals surface area contributed by atoms with Gasteiger partial charge in [0.1, 0.15) is 0 Å². The number of nitrogens with zero attached hydrogens (tertiary/aromatic N) is 2. The normalized spacial score (nSPS) is 10.5. The minimum absolute atomic E-state index is 0.0249. The van der Waals surface area contributed by atoms with E-state index in [1.54, 1.807) is 37.7 Å². The lowest BCUT2D eigenvalue weighted by molar-refractivity contribution is 0.0698. The first-order chi connectivity index (χ1) is 9.81. The quantitative estimate of drug-likeness (QED) is 0.890. The Labute approximate surface area is 129 Å². The van der Waals surface area contributed by atoms with Crippen LogP contribution in [0, 0.1) is 13.8 Å². The summed E-state index contributed by atoms with van der Waals surface area (Å²) >= 11 is 3.21. The van der Waals surface area contributed by atoms with E-state index in [9.17, 15) is 14.7 Å². The van der Waals surface area contributed by atoms with Crippen molar-refractivity contribution < 1.29 is 14.7 Å². The zero-order valence-electron chi connectivity index (χ0n) is 11.8. The highest BCUT2D eigenvalue weighted by molar-refractivity contribution is 9.10. The van der Waals surface area contributed by atoms with Crippen LogP contribution in [-0.2, 0) is 7.05 Å². The van der Waals surface area contributed by atoms with Crippen LogP contribution in [0.2, 0.25) is 0 Å². The van der Waals surface area contributed by atoms with Crippen molar-refractivity contribution in [2.45, 2.75) is 13.8 Å². The Morgan fingerprint density at radius 1 is 1.33 bits per heavy atom. The molecular weight excluding hydrogens is 338 g/mol. The third-order valence-corrected chi connectivity index (χ3v) is 3.69. The Hall–Kier alpha value is -2.15. The van der Waals surface area contributed by atoms with Gasteiger partial charge in [-0.1, -0.05) is 15.9 Å². The number of carboxylic acids is 1. The monoisotopic (exact) mass is 351 g/mol. The molecule has 1 aromatic carbocycles. The molecule has 7 heteroatoms. The van der Waals surface area contributed by atoms with Crippen LogP contribution in [0.4, 0.5) is 5.69 Å². The van der Waals surface area contributed by atoms with Crippen molar-refractivity contribution in [2.75, 3.05) is 5.32 Å². The Bertz CT molecular complexity index is 737. The minimum Gasteiger partial charge on any atom is -0.478 e. The molecule has 0 aliphatic carbocycles. The van der Waals surface area contributed by atoms with Crippen LogP contribution in [0.5, 0.6) is 0 Å². The summed E-state index contributed by atoms with van der Waals surface area (Å²) in [5.41, 5.74) is 2.05. The molecule has 110 valence electrons. The fourth-order valence-electron chi connectivity index (χ4n) is 2.09. The maximum Gasteiger partial charge on any atom is 0.337 e. The smallest absolute Gasteiger partial charge is 0.337 e. The Morgan fingerprint density at radius 2 is 2.00 bits per heavy atom. The van der Waals surface area contributed by atoms with Gasteiger partial charge in [0.15, 0.2) is 0 Å². The number of hydrogen-bond donors (Lipinski definition) is 2. The molecule has 0 saturated carbocycles. The highest BCUT2D eigenvalue weighted by Gasteiger charge is 2.19. The van der Waals surface area contributed by atoms with Gasteiger partial charge in [-0.3, -0.25) is 9.48 Å². The van der Waals surface area contributed by atoms with Crippen molar-refractivity contribution in [3.8, 4) is 0 Å². The number of anilines is 1. The molecule has 1 aromatic heterocycles. The van der Waals surface area contributed by atoms with Crippen LogP contribution in [-0.4, -0.2) is 26.8 Å². The number of benzene rings is 1. The summed E-state index contributed by atoms with van der Waals surface area (Å²) in [5, 5.41) is 16.0. The molecule has 0 bridgehead atoms. The van der Waals surface area contributed by atoms with Gasteiger partial charge in [0.05, 0.1) is 22.5 Å². The van der Waals surface area contributed by atoms with Crippen LogP contribution in [0.25, 0.3) is 0 Å². The molecule has 0 unspecified atom stereocenters. The van der Waals surface area contributed by atoms with E-state index in [0.717, 1.165) is 5.69 Å². The molecule has 0 saturated heterocycles. The van der Waals surface area contributed by atoms with Gasteiger partial charge in [0.2, 0.25) is 0 Å². The number of aromatic carboxylic acids is 1. The van der Waals surface area contributed by atoms with Gasteiger partial charge in [-0.2, -0.15) is 5.10 Å². The zero-order valence-corrected chi connectivity index (χ0v) is 13.4. The molecule has 1 amide bonds. The van der Waals surface area contributed by atoms with E-state index in [-0.39, 0.29) is 17.2 Å². The van der Waals surface area contributed by atoms with Gasteiger partial charge in [0, 0.05) is 17.2 Å². The first-order valence-corrected chi connectivity index (χ1v) is 6.95. The second-order valence-electron chi connectivity index (χ2n) is 4.62. The molecule has 0 fully saturated rings. The van der Waals surface area contributed by atoms with E-state index >= 15 is 0 Å². The van der Waals surface area contributed by atoms with Crippen LogP contribution in [0.3, 0.4) is 0 Å². The molecule has 0 aliphatic rings. The molecular formula is C14H14BrN3O3. The number of carbonyl (C=O) groups is 2. The lowest BCUT2D eigenvalue weighted by Gasteiger charge is -2.09. The maximum atomic E-state index is 12.4. The number of aryl methyl sites for hydroxylation is 2. The van der Waals surface area contributed by atoms with Gasteiger partial charge >= 0.3 is 5.97 Å². The van der Waals surface area contributed by atoms with Crippen molar-refractivity contribution >= 4 is 33.5 Å². The minimum atomic E-state index is -1.11. The summed E-state index contributed by atoms with van der Waals surface area (Å²) < 4.78 is 2.25. The number of nitrogens with one attached hydrogen (secondary N) is 1. The van der Waals surface area contributed by atoms with Crippen molar-refractivity contribution in [2.24, 2.45) is 7.05 Å². The summed E-state index contributed by atoms with van der Waals surface area (Å²) in [7, 11) is 1.75. The number of halogens is 1. The van der Waals surface area contributed by atoms with E-state index in [4.69, 9.17) is 0 Å². The van der Waals surface area contributed by atoms with Gasteiger partial charge < -0.3 is 10.4 Å². The number of rotatable bonds is 3. The molecule has 6 nitrogen and oxygen atoms in total. The fourth-order valence-corrected chi connectivity index (χ4v) is 2.45. The fraction of sp³-hybridized carbons (Fsp3) is 0.214.